The fraction of sp³-hybridized carbons (Fsp3) is 0.640. The van der Waals surface area contributed by atoms with Gasteiger partial charge in [0.25, 0.3) is 0 Å². The molecule has 0 radical (unpaired) electrons. The van der Waals surface area contributed by atoms with E-state index < -0.39 is 29.8 Å². The Kier molecular flexibility index (Phi) is 10.3. The number of ether oxygens (including phenoxy) is 1. The van der Waals surface area contributed by atoms with Crippen molar-refractivity contribution in [3.63, 3.8) is 0 Å². The number of hydrogen-bond acceptors (Lipinski definition) is 6. The molecule has 1 fully saturated rings. The van der Waals surface area contributed by atoms with Gasteiger partial charge in [-0.2, -0.15) is 0 Å². The van der Waals surface area contributed by atoms with Crippen molar-refractivity contribution in [3.05, 3.63) is 47.1 Å². The predicted octanol–water partition coefficient (Wildman–Crippen LogP) is 3.99. The monoisotopic (exact) mass is 560 g/mol. The van der Waals surface area contributed by atoms with E-state index >= 15 is 0 Å². The third kappa shape index (κ3) is 5.80. The molecule has 0 bridgehead atoms. The molecule has 7 atom stereocenters. The summed E-state index contributed by atoms with van der Waals surface area (Å²) in [6.45, 7) is 9.55. The van der Waals surface area contributed by atoms with Crippen molar-refractivity contribution in [2.75, 3.05) is 6.61 Å². The van der Waals surface area contributed by atoms with Crippen LogP contribution in [0.4, 0.5) is 0 Å². The summed E-state index contributed by atoms with van der Waals surface area (Å²) < 4.78 is 11.1. The molecule has 0 saturated carbocycles. The van der Waals surface area contributed by atoms with Gasteiger partial charge in [0.1, 0.15) is 46.6 Å². The van der Waals surface area contributed by atoms with E-state index in [1.807, 2.05) is 49.0 Å². The lowest BCUT2D eigenvalue weighted by atomic mass is 9.69. The molecule has 2 aliphatic rings. The maximum atomic E-state index is 12.6. The molecular formula is C25H37IO6. The number of allylic oxidation sites excluding steroid dienone is 2. The van der Waals surface area contributed by atoms with E-state index in [-0.39, 0.29) is 24.4 Å². The second-order valence-electron chi connectivity index (χ2n) is 8.89. The molecule has 32 heavy (non-hydrogen) atoms. The second-order valence-corrected chi connectivity index (χ2v) is 9.40. The summed E-state index contributed by atoms with van der Waals surface area (Å²) in [4.78, 5) is 12.6. The number of hydrogen-bond donors (Lipinski definition) is 3. The summed E-state index contributed by atoms with van der Waals surface area (Å²) in [5.74, 6) is -0.985. The minimum atomic E-state index is -1.57. The van der Waals surface area contributed by atoms with E-state index in [9.17, 15) is 20.1 Å². The zero-order valence-electron chi connectivity index (χ0n) is 19.6. The highest BCUT2D eigenvalue weighted by Gasteiger charge is 2.58. The minimum Gasteiger partial charge on any atom is -0.388 e. The highest BCUT2D eigenvalue weighted by molar-refractivity contribution is 14.1. The van der Waals surface area contributed by atoms with Gasteiger partial charge in [-0.25, -0.2) is 0 Å². The van der Waals surface area contributed by atoms with Crippen LogP contribution in [0.3, 0.4) is 0 Å². The van der Waals surface area contributed by atoms with Crippen LogP contribution in [0.15, 0.2) is 47.1 Å². The first-order valence-electron chi connectivity index (χ1n) is 11.3. The first kappa shape index (κ1) is 27.4. The van der Waals surface area contributed by atoms with Gasteiger partial charge in [0, 0.05) is 12.3 Å². The largest absolute Gasteiger partial charge is 0.388 e. The van der Waals surface area contributed by atoms with Crippen molar-refractivity contribution >= 4 is 28.8 Å². The normalized spacial score (nSPS) is 32.7. The van der Waals surface area contributed by atoms with Crippen LogP contribution in [0.1, 0.15) is 53.9 Å². The van der Waals surface area contributed by atoms with Crippen molar-refractivity contribution in [1.82, 2.24) is 0 Å². The van der Waals surface area contributed by atoms with E-state index in [0.29, 0.717) is 17.6 Å². The van der Waals surface area contributed by atoms with Gasteiger partial charge >= 0.3 is 0 Å². The minimum absolute atomic E-state index is 0.0884. The smallest absolute Gasteiger partial charge is 0.142 e. The quantitative estimate of drug-likeness (QED) is 0.276. The van der Waals surface area contributed by atoms with E-state index in [1.165, 1.54) is 0 Å². The average Bonchev–Trinajstić information content (AvgIpc) is 3.12. The van der Waals surface area contributed by atoms with Crippen molar-refractivity contribution in [1.29, 1.82) is 0 Å². The highest BCUT2D eigenvalue weighted by Crippen LogP contribution is 2.45. The zero-order valence-corrected chi connectivity index (χ0v) is 21.8. The average molecular weight is 560 g/mol. The van der Waals surface area contributed by atoms with Crippen molar-refractivity contribution in [3.8, 4) is 0 Å². The van der Waals surface area contributed by atoms with Crippen molar-refractivity contribution < 1.29 is 27.9 Å². The van der Waals surface area contributed by atoms with Crippen LogP contribution in [0.5, 0.6) is 0 Å². The standard InChI is InChI=1S/C25H37IO6/c1-6-19(32-26)12-11-16(4)22(28)15(3)9-8-10-18-14-31-24-23(29)17(5)13-20(21(27)7-2)25(18,24)30/h8-11,13,15,19-20,22-24,28-30H,6-7,12,14H2,1-5H3/b9-8+,16-11+,18-10+/t15-,19-,20-,22-,23?,24+,25+/m0/s1. The Morgan fingerprint density at radius 2 is 2.12 bits per heavy atom. The van der Waals surface area contributed by atoms with Crippen LogP contribution in [0, 0.1) is 11.8 Å². The molecule has 0 aromatic carbocycles. The fourth-order valence-corrected chi connectivity index (χ4v) is 4.92. The fourth-order valence-electron chi connectivity index (χ4n) is 4.35. The Balaban J connectivity index is 2.18. The summed E-state index contributed by atoms with van der Waals surface area (Å²) in [5.41, 5.74) is 0.518. The van der Waals surface area contributed by atoms with Gasteiger partial charge in [0.15, 0.2) is 0 Å². The number of halogens is 1. The molecule has 0 aromatic rings. The van der Waals surface area contributed by atoms with Crippen LogP contribution in [0.25, 0.3) is 0 Å². The van der Waals surface area contributed by atoms with Crippen LogP contribution < -0.4 is 0 Å². The second kappa shape index (κ2) is 12.0. The third-order valence-corrected chi connectivity index (χ3v) is 7.40. The number of aliphatic hydroxyl groups is 3. The molecule has 1 saturated heterocycles. The number of fused-ring (bicyclic) bond motifs is 1. The van der Waals surface area contributed by atoms with E-state index in [1.54, 1.807) is 32.1 Å². The van der Waals surface area contributed by atoms with Crippen LogP contribution >= 0.6 is 23.0 Å². The lowest BCUT2D eigenvalue weighted by molar-refractivity contribution is -0.139. The van der Waals surface area contributed by atoms with Gasteiger partial charge in [0.05, 0.1) is 24.7 Å². The van der Waals surface area contributed by atoms with Gasteiger partial charge < -0.3 is 23.1 Å². The predicted molar refractivity (Wildman–Crippen MR) is 133 cm³/mol. The maximum absolute atomic E-state index is 12.6. The number of aliphatic hydroxyl groups excluding tert-OH is 2. The molecule has 1 heterocycles. The SMILES string of the molecule is CCC(=O)[C@@H]1C=C(C)C(O)[C@H]2OC/C(=C\C=C\[C@H](C)[C@H](O)/C(C)=C/C[C@H](CC)OI)[C@]21O. The molecule has 1 aliphatic carbocycles. The van der Waals surface area contributed by atoms with Crippen molar-refractivity contribution in [2.45, 2.75) is 83.9 Å². The maximum Gasteiger partial charge on any atom is 0.142 e. The molecular weight excluding hydrogens is 523 g/mol. The first-order valence-corrected chi connectivity index (χ1v) is 12.2. The summed E-state index contributed by atoms with van der Waals surface area (Å²) in [6.07, 6.45) is 8.70. The number of Topliss-reactive ketones (excluding diaryl/α,β-unsaturated/α-hetero) is 1. The molecule has 1 unspecified atom stereocenters. The Morgan fingerprint density at radius 1 is 1.44 bits per heavy atom. The number of carbonyl (C=O) groups is 1. The number of carbonyl (C=O) groups excluding carboxylic acids is 1. The van der Waals surface area contributed by atoms with E-state index in [0.717, 1.165) is 18.4 Å². The van der Waals surface area contributed by atoms with Gasteiger partial charge in [-0.3, -0.25) is 4.79 Å². The van der Waals surface area contributed by atoms with Crippen LogP contribution in [-0.2, 0) is 12.6 Å². The topological polar surface area (TPSA) is 96.2 Å². The molecule has 0 spiro atoms. The lowest BCUT2D eigenvalue weighted by Crippen LogP contribution is -2.56. The summed E-state index contributed by atoms with van der Waals surface area (Å²) in [5, 5.41) is 32.7. The van der Waals surface area contributed by atoms with Gasteiger partial charge in [-0.05, 0) is 43.4 Å². The summed E-state index contributed by atoms with van der Waals surface area (Å²) in [6, 6.07) is 0. The van der Waals surface area contributed by atoms with Crippen LogP contribution in [0.2, 0.25) is 0 Å². The Bertz CT molecular complexity index is 781. The van der Waals surface area contributed by atoms with Gasteiger partial charge in [-0.1, -0.05) is 51.2 Å². The Hall–Kier alpha value is -0.840. The third-order valence-electron chi connectivity index (χ3n) is 6.68. The van der Waals surface area contributed by atoms with Gasteiger partial charge in [0.2, 0.25) is 0 Å². The van der Waals surface area contributed by atoms with Gasteiger partial charge in [-0.15, -0.1) is 0 Å². The Labute approximate surface area is 205 Å². The zero-order chi connectivity index (χ0) is 24.1. The highest BCUT2D eigenvalue weighted by atomic mass is 127. The van der Waals surface area contributed by atoms with Crippen molar-refractivity contribution in [2.24, 2.45) is 11.8 Å². The molecule has 7 heteroatoms. The molecule has 0 aromatic heterocycles. The molecule has 3 N–H and O–H groups in total. The van der Waals surface area contributed by atoms with Crippen LogP contribution in [-0.4, -0.2) is 57.7 Å². The van der Waals surface area contributed by atoms with E-state index in [4.69, 9.17) is 7.80 Å². The first-order chi connectivity index (χ1) is 15.1. The molecule has 6 nitrogen and oxygen atoms in total. The lowest BCUT2D eigenvalue weighted by Gasteiger charge is -2.41. The molecule has 2 rings (SSSR count). The molecule has 0 amide bonds. The Morgan fingerprint density at radius 3 is 2.72 bits per heavy atom. The summed E-state index contributed by atoms with van der Waals surface area (Å²) in [7, 11) is 0. The molecule has 1 aliphatic heterocycles. The number of rotatable bonds is 10. The number of ketones is 1. The molecule has 180 valence electrons. The van der Waals surface area contributed by atoms with E-state index in [2.05, 4.69) is 6.92 Å². The summed E-state index contributed by atoms with van der Waals surface area (Å²) >= 11 is 1.91.